The molecule has 1 aliphatic heterocycles. The van der Waals surface area contributed by atoms with Crippen molar-refractivity contribution >= 4 is 28.4 Å². The number of nitrogens with zero attached hydrogens (tertiary/aromatic N) is 7. The fraction of sp³-hybridized carbons (Fsp3) is 0.429. The Morgan fingerprint density at radius 3 is 2.69 bits per heavy atom. The molecule has 9 nitrogen and oxygen atoms in total. The summed E-state index contributed by atoms with van der Waals surface area (Å²) >= 11 is 0. The molecule has 35 heavy (non-hydrogen) atoms. The Labute approximate surface area is 196 Å². The summed E-state index contributed by atoms with van der Waals surface area (Å²) in [6, 6.07) is 3.81. The summed E-state index contributed by atoms with van der Waals surface area (Å²) in [6.45, 7) is -1.06. The summed E-state index contributed by atoms with van der Waals surface area (Å²) in [5.74, 6) is -2.57. The number of piperidine rings is 1. The Bertz CT molecular complexity index is 1380. The van der Waals surface area contributed by atoms with E-state index in [4.69, 9.17) is 0 Å². The van der Waals surface area contributed by atoms with Crippen LogP contribution in [0.5, 0.6) is 0 Å². The molecule has 1 fully saturated rings. The van der Waals surface area contributed by atoms with Crippen LogP contribution in [0.25, 0.3) is 27.9 Å². The summed E-state index contributed by atoms with van der Waals surface area (Å²) < 4.78 is 70.2. The highest BCUT2D eigenvalue weighted by atomic mass is 19.4. The molecule has 0 aromatic carbocycles. The van der Waals surface area contributed by atoms with Crippen LogP contribution < -0.4 is 10.6 Å². The smallest absolute Gasteiger partial charge is 0.371 e. The van der Waals surface area contributed by atoms with E-state index in [9.17, 15) is 22.0 Å². The number of halogens is 5. The van der Waals surface area contributed by atoms with Crippen molar-refractivity contribution in [3.63, 3.8) is 0 Å². The Hall–Kier alpha value is -3.55. The molecule has 5 rings (SSSR count). The molecule has 5 heterocycles. The fourth-order valence-electron chi connectivity index (χ4n) is 4.31. The van der Waals surface area contributed by atoms with Gasteiger partial charge in [0.05, 0.1) is 24.6 Å². The first kappa shape index (κ1) is 23.2. The maximum atomic E-state index is 14.5. The van der Waals surface area contributed by atoms with E-state index in [1.807, 2.05) is 0 Å². The first-order valence-electron chi connectivity index (χ1n) is 10.8. The minimum absolute atomic E-state index is 0.0323. The maximum Gasteiger partial charge on any atom is 0.406 e. The third kappa shape index (κ3) is 4.45. The number of hydrogen-bond acceptors (Lipinski definition) is 7. The third-order valence-electron chi connectivity index (χ3n) is 5.93. The highest BCUT2D eigenvalue weighted by molar-refractivity contribution is 5.89. The topological polar surface area (TPSA) is 88.2 Å². The van der Waals surface area contributed by atoms with Gasteiger partial charge in [-0.15, -0.1) is 5.10 Å². The molecule has 0 amide bonds. The van der Waals surface area contributed by atoms with E-state index < -0.39 is 24.7 Å². The van der Waals surface area contributed by atoms with Gasteiger partial charge in [0.2, 0.25) is 5.95 Å². The van der Waals surface area contributed by atoms with Crippen molar-refractivity contribution in [3.8, 4) is 11.3 Å². The van der Waals surface area contributed by atoms with Gasteiger partial charge in [-0.3, -0.25) is 0 Å². The lowest BCUT2D eigenvalue weighted by Gasteiger charge is -2.36. The van der Waals surface area contributed by atoms with Crippen LogP contribution >= 0.6 is 0 Å². The van der Waals surface area contributed by atoms with Gasteiger partial charge < -0.3 is 20.1 Å². The van der Waals surface area contributed by atoms with E-state index in [0.29, 0.717) is 34.7 Å². The van der Waals surface area contributed by atoms with Gasteiger partial charge in [0.25, 0.3) is 5.92 Å². The molecular formula is C21H22F5N9. The molecule has 1 atom stereocenters. The third-order valence-corrected chi connectivity index (χ3v) is 5.93. The predicted molar refractivity (Wildman–Crippen MR) is 120 cm³/mol. The molecule has 14 heteroatoms. The number of hydrogen-bond donors (Lipinski definition) is 2. The average Bonchev–Trinajstić information content (AvgIpc) is 3.37. The number of fused-ring (bicyclic) bond motifs is 2. The van der Waals surface area contributed by atoms with Crippen molar-refractivity contribution in [1.82, 2.24) is 34.0 Å². The van der Waals surface area contributed by atoms with Gasteiger partial charge in [-0.25, -0.2) is 23.3 Å². The summed E-state index contributed by atoms with van der Waals surface area (Å²) in [4.78, 5) is 14.4. The number of pyridine rings is 1. The first-order chi connectivity index (χ1) is 16.5. The molecule has 186 valence electrons. The van der Waals surface area contributed by atoms with E-state index in [2.05, 4.69) is 30.7 Å². The summed E-state index contributed by atoms with van der Waals surface area (Å²) in [5.41, 5.74) is 1.88. The SMILES string of the molecule is CNc1nc(NC2CCN(C)CC2(F)F)nn2ccc(-c3ccc4ncn(CC(F)(F)F)c4n3)c12. The molecule has 1 aliphatic rings. The van der Waals surface area contributed by atoms with E-state index in [1.54, 1.807) is 43.4 Å². The van der Waals surface area contributed by atoms with Crippen LogP contribution in [0.2, 0.25) is 0 Å². The lowest BCUT2D eigenvalue weighted by atomic mass is 10.0. The summed E-state index contributed by atoms with van der Waals surface area (Å²) in [6.07, 6.45) is -1.47. The van der Waals surface area contributed by atoms with Crippen molar-refractivity contribution in [1.29, 1.82) is 0 Å². The predicted octanol–water partition coefficient (Wildman–Crippen LogP) is 3.50. The zero-order valence-corrected chi connectivity index (χ0v) is 18.8. The number of nitrogens with one attached hydrogen (secondary N) is 2. The van der Waals surface area contributed by atoms with Crippen LogP contribution in [0, 0.1) is 0 Å². The molecule has 2 N–H and O–H groups in total. The van der Waals surface area contributed by atoms with E-state index in [0.717, 1.165) is 10.9 Å². The van der Waals surface area contributed by atoms with Crippen molar-refractivity contribution in [3.05, 3.63) is 30.7 Å². The van der Waals surface area contributed by atoms with Crippen LogP contribution in [0.15, 0.2) is 30.7 Å². The second-order valence-electron chi connectivity index (χ2n) is 8.57. The molecule has 0 aliphatic carbocycles. The van der Waals surface area contributed by atoms with E-state index >= 15 is 0 Å². The second-order valence-corrected chi connectivity index (χ2v) is 8.57. The van der Waals surface area contributed by atoms with Gasteiger partial charge in [-0.2, -0.15) is 18.2 Å². The Morgan fingerprint density at radius 1 is 1.17 bits per heavy atom. The molecule has 1 saturated heterocycles. The quantitative estimate of drug-likeness (QED) is 0.410. The highest BCUT2D eigenvalue weighted by Gasteiger charge is 2.44. The van der Waals surface area contributed by atoms with Crippen LogP contribution in [-0.2, 0) is 6.54 Å². The molecular weight excluding hydrogens is 473 g/mol. The number of rotatable bonds is 5. The monoisotopic (exact) mass is 495 g/mol. The van der Waals surface area contributed by atoms with Crippen LogP contribution in [0.4, 0.5) is 33.7 Å². The van der Waals surface area contributed by atoms with Crippen molar-refractivity contribution < 1.29 is 22.0 Å². The minimum atomic E-state index is -4.42. The largest absolute Gasteiger partial charge is 0.406 e. The van der Waals surface area contributed by atoms with Crippen molar-refractivity contribution in [2.45, 2.75) is 31.1 Å². The first-order valence-corrected chi connectivity index (χ1v) is 10.8. The zero-order chi connectivity index (χ0) is 25.0. The second kappa shape index (κ2) is 8.29. The zero-order valence-electron chi connectivity index (χ0n) is 18.8. The molecule has 1 unspecified atom stereocenters. The standard InChI is InChI=1S/C21H22F5N9/c1-27-17-16-12(13-3-4-14-18(29-13)34(11-28-14)10-21(24,25)26)5-8-35(16)32-19(31-17)30-15-6-7-33(2)9-20(15,22)23/h3-5,8,11,15H,6-7,9-10H2,1-2H3,(H2,27,30,31,32). The van der Waals surface area contributed by atoms with E-state index in [-0.39, 0.29) is 24.6 Å². The van der Waals surface area contributed by atoms with Crippen LogP contribution in [0.1, 0.15) is 6.42 Å². The van der Waals surface area contributed by atoms with Gasteiger partial charge in [-0.05, 0) is 31.7 Å². The maximum absolute atomic E-state index is 14.5. The summed E-state index contributed by atoms with van der Waals surface area (Å²) in [7, 11) is 3.27. The number of anilines is 2. The van der Waals surface area contributed by atoms with E-state index in [1.165, 1.54) is 4.52 Å². The average molecular weight is 495 g/mol. The minimum Gasteiger partial charge on any atom is -0.371 e. The Balaban J connectivity index is 1.52. The van der Waals surface area contributed by atoms with Gasteiger partial charge in [0.1, 0.15) is 17.6 Å². The van der Waals surface area contributed by atoms with Crippen LogP contribution in [0.3, 0.4) is 0 Å². The molecule has 0 bridgehead atoms. The van der Waals surface area contributed by atoms with Crippen molar-refractivity contribution in [2.75, 3.05) is 37.8 Å². The van der Waals surface area contributed by atoms with Gasteiger partial charge in [-0.1, -0.05) is 0 Å². The normalized spacial score (nSPS) is 18.9. The molecule has 4 aromatic rings. The number of aromatic nitrogens is 6. The molecule has 4 aromatic heterocycles. The van der Waals surface area contributed by atoms with Gasteiger partial charge >= 0.3 is 6.18 Å². The Morgan fingerprint density at radius 2 is 1.97 bits per heavy atom. The van der Waals surface area contributed by atoms with Crippen molar-refractivity contribution in [2.24, 2.45) is 0 Å². The Kier molecular flexibility index (Phi) is 5.49. The molecule has 0 radical (unpaired) electrons. The highest BCUT2D eigenvalue weighted by Crippen LogP contribution is 2.32. The number of alkyl halides is 5. The lowest BCUT2D eigenvalue weighted by Crippen LogP contribution is -2.53. The lowest BCUT2D eigenvalue weighted by molar-refractivity contribution is -0.140. The number of imidazole rings is 1. The molecule has 0 spiro atoms. The summed E-state index contributed by atoms with van der Waals surface area (Å²) in [5, 5.41) is 10.0. The van der Waals surface area contributed by atoms with Gasteiger partial charge in [0.15, 0.2) is 11.5 Å². The number of likely N-dealkylation sites (tertiary alicyclic amines) is 1. The van der Waals surface area contributed by atoms with Crippen LogP contribution in [-0.4, -0.2) is 79.4 Å². The van der Waals surface area contributed by atoms with Gasteiger partial charge in [0, 0.05) is 25.4 Å². The fourth-order valence-corrected chi connectivity index (χ4v) is 4.31. The molecule has 0 saturated carbocycles.